The van der Waals surface area contributed by atoms with Crippen molar-refractivity contribution in [1.29, 1.82) is 5.26 Å². The van der Waals surface area contributed by atoms with Crippen molar-refractivity contribution in [2.45, 2.75) is 32.7 Å². The number of hydrogen-bond acceptors (Lipinski definition) is 9. The lowest BCUT2D eigenvalue weighted by atomic mass is 10.1. The summed E-state index contributed by atoms with van der Waals surface area (Å²) in [6.45, 7) is 6.22. The fraction of sp³-hybridized carbons (Fsp3) is 0.348. The number of carbonyl (C=O) groups excluding carboxylic acids is 1. The fourth-order valence-corrected chi connectivity index (χ4v) is 2.91. The van der Waals surface area contributed by atoms with Gasteiger partial charge >= 0.3 is 6.09 Å². The fourth-order valence-electron chi connectivity index (χ4n) is 2.91. The summed E-state index contributed by atoms with van der Waals surface area (Å²) in [6, 6.07) is 9.18. The zero-order valence-electron chi connectivity index (χ0n) is 19.5. The van der Waals surface area contributed by atoms with Crippen LogP contribution in [0.25, 0.3) is 11.3 Å². The lowest BCUT2D eigenvalue weighted by Crippen LogP contribution is -2.41. The molecule has 2 aromatic heterocycles. The van der Waals surface area contributed by atoms with Crippen LogP contribution < -0.4 is 20.1 Å². The zero-order valence-corrected chi connectivity index (χ0v) is 19.5. The van der Waals surface area contributed by atoms with Gasteiger partial charge in [0.05, 0.1) is 44.0 Å². The van der Waals surface area contributed by atoms with Crippen LogP contribution >= 0.6 is 0 Å². The van der Waals surface area contributed by atoms with Crippen LogP contribution in [0.3, 0.4) is 0 Å². The highest BCUT2D eigenvalue weighted by molar-refractivity contribution is 5.76. The van der Waals surface area contributed by atoms with Gasteiger partial charge in [-0.1, -0.05) is 6.07 Å². The first-order valence-electron chi connectivity index (χ1n) is 10.6. The number of H-pyrrole nitrogens is 1. The summed E-state index contributed by atoms with van der Waals surface area (Å²) >= 11 is 0. The van der Waals surface area contributed by atoms with Gasteiger partial charge in [0, 0.05) is 18.0 Å². The Labute approximate surface area is 197 Å². The third-order valence-corrected chi connectivity index (χ3v) is 4.33. The lowest BCUT2D eigenvalue weighted by Gasteiger charge is -2.20. The molecule has 2 heterocycles. The molecule has 0 spiro atoms. The Morgan fingerprint density at radius 3 is 2.62 bits per heavy atom. The summed E-state index contributed by atoms with van der Waals surface area (Å²) in [5.41, 5.74) is 1.23. The van der Waals surface area contributed by atoms with E-state index < -0.39 is 6.09 Å². The van der Waals surface area contributed by atoms with Crippen molar-refractivity contribution < 1.29 is 19.0 Å². The number of aromatic amines is 1. The average Bonchev–Trinajstić information content (AvgIpc) is 3.25. The number of nitrogens with one attached hydrogen (secondary N) is 3. The molecule has 11 heteroatoms. The normalized spacial score (nSPS) is 10.8. The Morgan fingerprint density at radius 2 is 1.94 bits per heavy atom. The highest BCUT2D eigenvalue weighted by Gasteiger charge is 2.17. The minimum atomic E-state index is -0.459. The van der Waals surface area contributed by atoms with Crippen molar-refractivity contribution >= 4 is 17.7 Å². The number of ether oxygens (including phenoxy) is 3. The molecule has 1 aromatic carbocycles. The number of carbonyl (C=O) groups is 1. The van der Waals surface area contributed by atoms with Gasteiger partial charge in [-0.05, 0) is 32.9 Å². The molecule has 0 fully saturated rings. The molecule has 0 unspecified atom stereocenters. The number of methoxy groups -OCH3 is 1. The molecule has 0 atom stereocenters. The van der Waals surface area contributed by atoms with E-state index in [1.54, 1.807) is 13.2 Å². The highest BCUT2D eigenvalue weighted by atomic mass is 16.5. The molecule has 0 aliphatic heterocycles. The smallest absolute Gasteiger partial charge is 0.407 e. The molecule has 0 saturated heterocycles. The number of nitrogens with zero attached hydrogens (tertiary/aromatic N) is 4. The minimum absolute atomic E-state index is 0.226. The van der Waals surface area contributed by atoms with Crippen LogP contribution in [0.5, 0.6) is 11.5 Å². The zero-order chi connectivity index (χ0) is 24.6. The van der Waals surface area contributed by atoms with Crippen molar-refractivity contribution in [2.75, 3.05) is 25.6 Å². The predicted molar refractivity (Wildman–Crippen MR) is 125 cm³/mol. The Morgan fingerprint density at radius 1 is 1.15 bits per heavy atom. The van der Waals surface area contributed by atoms with Gasteiger partial charge in [-0.3, -0.25) is 5.10 Å². The third-order valence-electron chi connectivity index (χ3n) is 4.33. The van der Waals surface area contributed by atoms with Crippen molar-refractivity contribution in [3.8, 4) is 28.8 Å². The summed E-state index contributed by atoms with van der Waals surface area (Å²) in [7, 11) is 1.58. The number of anilines is 2. The van der Waals surface area contributed by atoms with Crippen LogP contribution in [-0.4, -0.2) is 52.1 Å². The molecule has 3 N–H and O–H groups in total. The Bertz CT molecular complexity index is 1150. The number of rotatable bonds is 9. The van der Waals surface area contributed by atoms with E-state index in [9.17, 15) is 4.79 Å². The third kappa shape index (κ3) is 6.83. The number of benzene rings is 1. The van der Waals surface area contributed by atoms with Crippen LogP contribution in [0, 0.1) is 11.3 Å². The second-order valence-electron chi connectivity index (χ2n) is 8.24. The van der Waals surface area contributed by atoms with Gasteiger partial charge in [-0.15, -0.1) is 0 Å². The van der Waals surface area contributed by atoms with E-state index in [0.29, 0.717) is 47.4 Å². The average molecular weight is 466 g/mol. The van der Waals surface area contributed by atoms with Gasteiger partial charge in [-0.25, -0.2) is 14.8 Å². The molecular formula is C23H27N7O4. The van der Waals surface area contributed by atoms with Crippen molar-refractivity contribution in [1.82, 2.24) is 25.5 Å². The highest BCUT2D eigenvalue weighted by Crippen LogP contribution is 2.38. The van der Waals surface area contributed by atoms with Gasteiger partial charge in [0.1, 0.15) is 23.4 Å². The van der Waals surface area contributed by atoms with Gasteiger partial charge in [-0.2, -0.15) is 10.4 Å². The lowest BCUT2D eigenvalue weighted by molar-refractivity contribution is 0.130. The number of aromatic nitrogens is 4. The molecule has 0 aliphatic rings. The van der Waals surface area contributed by atoms with Crippen LogP contribution in [0.15, 0.2) is 36.7 Å². The molecule has 3 aromatic rings. The van der Waals surface area contributed by atoms with Gasteiger partial charge in [0.15, 0.2) is 11.5 Å². The molecule has 3 rings (SSSR count). The van der Waals surface area contributed by atoms with Crippen LogP contribution in [-0.2, 0) is 4.74 Å². The van der Waals surface area contributed by atoms with Crippen molar-refractivity contribution in [2.24, 2.45) is 0 Å². The summed E-state index contributed by atoms with van der Waals surface area (Å²) in [6.07, 6.45) is 2.88. The molecular weight excluding hydrogens is 438 g/mol. The molecule has 0 aliphatic carbocycles. The topological polar surface area (TPSA) is 147 Å². The summed E-state index contributed by atoms with van der Waals surface area (Å²) in [5.74, 6) is 2.15. The molecule has 11 nitrogen and oxygen atoms in total. The van der Waals surface area contributed by atoms with Gasteiger partial charge in [0.25, 0.3) is 0 Å². The minimum Gasteiger partial charge on any atom is -0.496 e. The van der Waals surface area contributed by atoms with Gasteiger partial charge < -0.3 is 24.8 Å². The van der Waals surface area contributed by atoms with E-state index in [-0.39, 0.29) is 17.8 Å². The number of amides is 1. The van der Waals surface area contributed by atoms with Crippen LogP contribution in [0.1, 0.15) is 32.9 Å². The van der Waals surface area contributed by atoms with E-state index >= 15 is 0 Å². The maximum Gasteiger partial charge on any atom is 0.407 e. The first-order valence-corrected chi connectivity index (χ1v) is 10.6. The Kier molecular flexibility index (Phi) is 7.87. The standard InChI is InChI=1S/C23H27N7O4/c1-23(2,3)28-22(31)34-10-6-9-33-18-8-5-7-17(32-4)21(18)16-11-19(30-29-16)27-20-14-25-15(12-24)13-26-20/h5,7-8,11,13-14H,6,9-10H2,1-4H3,(H,28,31)(H2,26,27,29,30). The number of nitriles is 1. The van der Waals surface area contributed by atoms with E-state index in [0.717, 1.165) is 0 Å². The molecule has 34 heavy (non-hydrogen) atoms. The largest absolute Gasteiger partial charge is 0.496 e. The Balaban J connectivity index is 1.64. The van der Waals surface area contributed by atoms with E-state index in [1.165, 1.54) is 12.4 Å². The molecule has 0 saturated carbocycles. The molecule has 0 radical (unpaired) electrons. The predicted octanol–water partition coefficient (Wildman–Crippen LogP) is 3.78. The van der Waals surface area contributed by atoms with Crippen molar-refractivity contribution in [3.05, 3.63) is 42.4 Å². The number of alkyl carbamates (subject to hydrolysis) is 1. The van der Waals surface area contributed by atoms with E-state index in [4.69, 9.17) is 19.5 Å². The molecule has 178 valence electrons. The first kappa shape index (κ1) is 24.3. The number of hydrogen-bond donors (Lipinski definition) is 3. The summed E-state index contributed by atoms with van der Waals surface area (Å²) in [4.78, 5) is 19.9. The maximum absolute atomic E-state index is 11.7. The molecule has 0 bridgehead atoms. The van der Waals surface area contributed by atoms with Gasteiger partial charge in [0.2, 0.25) is 0 Å². The van der Waals surface area contributed by atoms with Crippen LogP contribution in [0.4, 0.5) is 16.4 Å². The van der Waals surface area contributed by atoms with E-state index in [1.807, 2.05) is 45.0 Å². The van der Waals surface area contributed by atoms with Crippen LogP contribution in [0.2, 0.25) is 0 Å². The second kappa shape index (κ2) is 11.0. The SMILES string of the molecule is COc1cccc(OCCCOC(=O)NC(C)(C)C)c1-c1cc(Nc2cnc(C#N)cn2)n[nH]1. The van der Waals surface area contributed by atoms with E-state index in [2.05, 4.69) is 30.8 Å². The summed E-state index contributed by atoms with van der Waals surface area (Å²) < 4.78 is 16.7. The Hall–Kier alpha value is -4.33. The quantitative estimate of drug-likeness (QED) is 0.402. The summed E-state index contributed by atoms with van der Waals surface area (Å²) in [5, 5.41) is 21.8. The second-order valence-corrected chi connectivity index (χ2v) is 8.24. The first-order chi connectivity index (χ1) is 16.3. The van der Waals surface area contributed by atoms with Crippen molar-refractivity contribution in [3.63, 3.8) is 0 Å². The molecule has 1 amide bonds. The monoisotopic (exact) mass is 465 g/mol. The maximum atomic E-state index is 11.7.